The first-order valence-corrected chi connectivity index (χ1v) is 7.43. The van der Waals surface area contributed by atoms with Crippen molar-refractivity contribution in [2.45, 2.75) is 18.2 Å². The molecule has 0 radical (unpaired) electrons. The van der Waals surface area contributed by atoms with Crippen LogP contribution in [0.4, 0.5) is 0 Å². The molecule has 1 aromatic rings. The largest absolute Gasteiger partial charge is 0.369 e. The van der Waals surface area contributed by atoms with Crippen molar-refractivity contribution in [1.82, 2.24) is 4.31 Å². The molecule has 0 saturated carbocycles. The predicted octanol–water partition coefficient (Wildman–Crippen LogP) is -0.316. The van der Waals surface area contributed by atoms with Gasteiger partial charge in [-0.3, -0.25) is 4.79 Å². The Morgan fingerprint density at radius 2 is 1.84 bits per heavy atom. The van der Waals surface area contributed by atoms with Crippen molar-refractivity contribution >= 4 is 15.9 Å². The summed E-state index contributed by atoms with van der Waals surface area (Å²) >= 11 is 0. The molecule has 0 bridgehead atoms. The maximum Gasteiger partial charge on any atom is 0.243 e. The second-order valence-electron chi connectivity index (χ2n) is 4.08. The number of nitrogens with two attached hydrogens (primary N) is 2. The second kappa shape index (κ2) is 6.65. The van der Waals surface area contributed by atoms with Gasteiger partial charge in [0.05, 0.1) is 11.4 Å². The number of sulfonamides is 1. The van der Waals surface area contributed by atoms with Crippen LogP contribution in [0.5, 0.6) is 0 Å². The minimum absolute atomic E-state index is 0.149. The van der Waals surface area contributed by atoms with Gasteiger partial charge in [-0.15, -0.1) is 0 Å². The molecule has 0 aliphatic rings. The standard InChI is InChI=1S/C12H19N3O3S/c1-2-15(9-12(14)16)19(17,18)11-5-3-10(4-6-11)7-8-13/h3-6H,2,7-9,13H2,1H3,(H2,14,16). The lowest BCUT2D eigenvalue weighted by molar-refractivity contribution is -0.118. The molecule has 0 saturated heterocycles. The van der Waals surface area contributed by atoms with Crippen molar-refractivity contribution in [3.63, 3.8) is 0 Å². The third-order valence-corrected chi connectivity index (χ3v) is 4.61. The molecule has 0 heterocycles. The number of carbonyl (C=O) groups is 1. The molecule has 6 nitrogen and oxygen atoms in total. The van der Waals surface area contributed by atoms with E-state index >= 15 is 0 Å². The molecule has 0 fully saturated rings. The molecule has 0 aliphatic heterocycles. The van der Waals surface area contributed by atoms with E-state index in [4.69, 9.17) is 11.5 Å². The lowest BCUT2D eigenvalue weighted by Crippen LogP contribution is -2.38. The Morgan fingerprint density at radius 1 is 1.26 bits per heavy atom. The van der Waals surface area contributed by atoms with Gasteiger partial charge in [-0.2, -0.15) is 4.31 Å². The van der Waals surface area contributed by atoms with E-state index < -0.39 is 15.9 Å². The van der Waals surface area contributed by atoms with Crippen molar-refractivity contribution in [3.8, 4) is 0 Å². The Labute approximate surface area is 113 Å². The molecule has 7 heteroatoms. The van der Waals surface area contributed by atoms with Gasteiger partial charge in [0.25, 0.3) is 0 Å². The van der Waals surface area contributed by atoms with Crippen LogP contribution in [0.25, 0.3) is 0 Å². The number of hydrogen-bond donors (Lipinski definition) is 2. The highest BCUT2D eigenvalue weighted by Gasteiger charge is 2.24. The molecular weight excluding hydrogens is 266 g/mol. The van der Waals surface area contributed by atoms with E-state index in [1.807, 2.05) is 0 Å². The Bertz CT molecular complexity index is 526. The van der Waals surface area contributed by atoms with Crippen LogP contribution in [-0.4, -0.2) is 38.3 Å². The van der Waals surface area contributed by atoms with Gasteiger partial charge >= 0.3 is 0 Å². The van der Waals surface area contributed by atoms with Crippen molar-refractivity contribution < 1.29 is 13.2 Å². The van der Waals surface area contributed by atoms with Crippen LogP contribution < -0.4 is 11.5 Å². The monoisotopic (exact) mass is 285 g/mol. The molecule has 0 unspecified atom stereocenters. The molecule has 106 valence electrons. The average Bonchev–Trinajstić information content (AvgIpc) is 2.36. The fourth-order valence-corrected chi connectivity index (χ4v) is 3.10. The summed E-state index contributed by atoms with van der Waals surface area (Å²) in [6, 6.07) is 6.48. The smallest absolute Gasteiger partial charge is 0.243 e. The molecule has 4 N–H and O–H groups in total. The number of amides is 1. The summed E-state index contributed by atoms with van der Waals surface area (Å²) in [6.07, 6.45) is 0.694. The van der Waals surface area contributed by atoms with Crippen LogP contribution in [0.15, 0.2) is 29.2 Å². The lowest BCUT2D eigenvalue weighted by atomic mass is 10.2. The van der Waals surface area contributed by atoms with Gasteiger partial charge in [-0.1, -0.05) is 19.1 Å². The summed E-state index contributed by atoms with van der Waals surface area (Å²) < 4.78 is 25.6. The molecule has 0 aromatic heterocycles. The van der Waals surface area contributed by atoms with Gasteiger partial charge in [-0.25, -0.2) is 8.42 Å². The highest BCUT2D eigenvalue weighted by Crippen LogP contribution is 2.16. The topological polar surface area (TPSA) is 106 Å². The van der Waals surface area contributed by atoms with Gasteiger partial charge in [0.1, 0.15) is 0 Å². The van der Waals surface area contributed by atoms with E-state index in [0.29, 0.717) is 13.0 Å². The Morgan fingerprint density at radius 3 is 2.26 bits per heavy atom. The zero-order valence-corrected chi connectivity index (χ0v) is 11.7. The van der Waals surface area contributed by atoms with E-state index in [-0.39, 0.29) is 18.0 Å². The van der Waals surface area contributed by atoms with Crippen LogP contribution in [0.2, 0.25) is 0 Å². The van der Waals surface area contributed by atoms with Crippen molar-refractivity contribution in [2.24, 2.45) is 11.5 Å². The summed E-state index contributed by atoms with van der Waals surface area (Å²) in [6.45, 7) is 2.04. The fraction of sp³-hybridized carbons (Fsp3) is 0.417. The average molecular weight is 285 g/mol. The summed E-state index contributed by atoms with van der Waals surface area (Å²) in [5.74, 6) is -0.676. The Hall–Kier alpha value is -1.44. The molecule has 0 atom stereocenters. The van der Waals surface area contributed by atoms with Crippen LogP contribution >= 0.6 is 0 Å². The van der Waals surface area contributed by atoms with E-state index in [2.05, 4.69) is 0 Å². The summed E-state index contributed by atoms with van der Waals surface area (Å²) in [5, 5.41) is 0. The number of carbonyl (C=O) groups excluding carboxylic acids is 1. The number of hydrogen-bond acceptors (Lipinski definition) is 4. The van der Waals surface area contributed by atoms with Gasteiger partial charge in [-0.05, 0) is 30.7 Å². The zero-order valence-electron chi connectivity index (χ0n) is 10.9. The normalized spacial score (nSPS) is 11.7. The zero-order chi connectivity index (χ0) is 14.5. The van der Waals surface area contributed by atoms with Gasteiger partial charge in [0, 0.05) is 6.54 Å². The van der Waals surface area contributed by atoms with Gasteiger partial charge in [0.2, 0.25) is 15.9 Å². The number of nitrogens with zero attached hydrogens (tertiary/aromatic N) is 1. The van der Waals surface area contributed by atoms with Crippen LogP contribution in [0, 0.1) is 0 Å². The van der Waals surface area contributed by atoms with Crippen LogP contribution in [-0.2, 0) is 21.2 Å². The van der Waals surface area contributed by atoms with Crippen LogP contribution in [0.1, 0.15) is 12.5 Å². The maximum atomic E-state index is 12.3. The highest BCUT2D eigenvalue weighted by atomic mass is 32.2. The first-order valence-electron chi connectivity index (χ1n) is 5.99. The summed E-state index contributed by atoms with van der Waals surface area (Å²) in [4.78, 5) is 11.0. The van der Waals surface area contributed by atoms with Gasteiger partial charge < -0.3 is 11.5 Å². The predicted molar refractivity (Wildman–Crippen MR) is 72.8 cm³/mol. The molecule has 1 amide bonds. The van der Waals surface area contributed by atoms with E-state index in [9.17, 15) is 13.2 Å². The second-order valence-corrected chi connectivity index (χ2v) is 6.02. The van der Waals surface area contributed by atoms with Crippen LogP contribution in [0.3, 0.4) is 0 Å². The quantitative estimate of drug-likeness (QED) is 0.716. The minimum Gasteiger partial charge on any atom is -0.369 e. The van der Waals surface area contributed by atoms with Gasteiger partial charge in [0.15, 0.2) is 0 Å². The fourth-order valence-electron chi connectivity index (χ4n) is 1.68. The highest BCUT2D eigenvalue weighted by molar-refractivity contribution is 7.89. The first-order chi connectivity index (χ1) is 8.91. The van der Waals surface area contributed by atoms with Crippen molar-refractivity contribution in [3.05, 3.63) is 29.8 Å². The summed E-state index contributed by atoms with van der Waals surface area (Å²) in [7, 11) is -3.68. The first kappa shape index (κ1) is 15.6. The maximum absolute atomic E-state index is 12.3. The Kier molecular flexibility index (Phi) is 5.46. The molecular formula is C12H19N3O3S. The molecule has 1 rings (SSSR count). The molecule has 19 heavy (non-hydrogen) atoms. The summed E-state index contributed by atoms with van der Waals surface area (Å²) in [5.41, 5.74) is 11.5. The number of primary amides is 1. The van der Waals surface area contributed by atoms with E-state index in [1.165, 1.54) is 12.1 Å². The Balaban J connectivity index is 3.01. The molecule has 1 aromatic carbocycles. The lowest BCUT2D eigenvalue weighted by Gasteiger charge is -2.18. The van der Waals surface area contributed by atoms with E-state index in [1.54, 1.807) is 19.1 Å². The minimum atomic E-state index is -3.68. The SMILES string of the molecule is CCN(CC(N)=O)S(=O)(=O)c1ccc(CCN)cc1. The molecule has 0 spiro atoms. The van der Waals surface area contributed by atoms with Crippen molar-refractivity contribution in [1.29, 1.82) is 0 Å². The third kappa shape index (κ3) is 4.02. The number of likely N-dealkylation sites (N-methyl/N-ethyl adjacent to an activating group) is 1. The number of benzene rings is 1. The van der Waals surface area contributed by atoms with Crippen molar-refractivity contribution in [2.75, 3.05) is 19.6 Å². The van der Waals surface area contributed by atoms with E-state index in [0.717, 1.165) is 9.87 Å². The third-order valence-electron chi connectivity index (χ3n) is 2.68. The molecule has 0 aliphatic carbocycles. The number of rotatable bonds is 7.